The molecule has 1 amide bonds. The largest absolute Gasteiger partial charge is 0.395 e. The van der Waals surface area contributed by atoms with Gasteiger partial charge in [-0.2, -0.15) is 0 Å². The zero-order valence-electron chi connectivity index (χ0n) is 16.2. The van der Waals surface area contributed by atoms with E-state index < -0.39 is 0 Å². The van der Waals surface area contributed by atoms with Crippen molar-refractivity contribution in [1.29, 1.82) is 0 Å². The SMILES string of the molecule is CCCC[C@H]1CN(C(=O)c2cccc3ccccc23)CCN1C[C@@H](N)CO. The molecule has 0 aliphatic carbocycles. The molecule has 2 aromatic carbocycles. The smallest absolute Gasteiger partial charge is 0.254 e. The summed E-state index contributed by atoms with van der Waals surface area (Å²) in [7, 11) is 0. The van der Waals surface area contributed by atoms with Crippen molar-refractivity contribution in [3.8, 4) is 0 Å². The van der Waals surface area contributed by atoms with Crippen LogP contribution >= 0.6 is 0 Å². The lowest BCUT2D eigenvalue weighted by Gasteiger charge is -2.42. The molecule has 1 fully saturated rings. The fourth-order valence-electron chi connectivity index (χ4n) is 3.97. The van der Waals surface area contributed by atoms with Crippen molar-refractivity contribution in [1.82, 2.24) is 9.80 Å². The highest BCUT2D eigenvalue weighted by molar-refractivity contribution is 6.07. The number of benzene rings is 2. The van der Waals surface area contributed by atoms with Crippen LogP contribution in [0.25, 0.3) is 10.8 Å². The summed E-state index contributed by atoms with van der Waals surface area (Å²) in [6.07, 6.45) is 3.31. The molecule has 5 heteroatoms. The molecule has 0 aromatic heterocycles. The van der Waals surface area contributed by atoms with Crippen LogP contribution in [0.4, 0.5) is 0 Å². The Balaban J connectivity index is 1.77. The minimum atomic E-state index is -0.227. The van der Waals surface area contributed by atoms with Crippen molar-refractivity contribution in [2.24, 2.45) is 5.73 Å². The number of piperazine rings is 1. The highest BCUT2D eigenvalue weighted by Gasteiger charge is 2.30. The number of nitrogens with zero attached hydrogens (tertiary/aromatic N) is 2. The molecule has 0 unspecified atom stereocenters. The molecule has 5 nitrogen and oxygen atoms in total. The molecule has 27 heavy (non-hydrogen) atoms. The van der Waals surface area contributed by atoms with Crippen LogP contribution in [0, 0.1) is 0 Å². The van der Waals surface area contributed by atoms with Crippen LogP contribution in [0.15, 0.2) is 42.5 Å². The maximum Gasteiger partial charge on any atom is 0.254 e. The van der Waals surface area contributed by atoms with Gasteiger partial charge < -0.3 is 15.7 Å². The first-order chi connectivity index (χ1) is 13.1. The van der Waals surface area contributed by atoms with Gasteiger partial charge >= 0.3 is 0 Å². The van der Waals surface area contributed by atoms with Gasteiger partial charge in [0.05, 0.1) is 6.61 Å². The molecule has 0 saturated carbocycles. The van der Waals surface area contributed by atoms with Gasteiger partial charge in [0.2, 0.25) is 0 Å². The summed E-state index contributed by atoms with van der Waals surface area (Å²) in [5.41, 5.74) is 6.75. The molecule has 2 aromatic rings. The minimum Gasteiger partial charge on any atom is -0.395 e. The van der Waals surface area contributed by atoms with E-state index in [1.165, 1.54) is 0 Å². The Morgan fingerprint density at radius 3 is 2.78 bits per heavy atom. The average Bonchev–Trinajstić information content (AvgIpc) is 2.71. The Kier molecular flexibility index (Phi) is 6.83. The highest BCUT2D eigenvalue weighted by atomic mass is 16.3. The van der Waals surface area contributed by atoms with Crippen molar-refractivity contribution in [3.63, 3.8) is 0 Å². The Bertz CT molecular complexity index is 759. The molecule has 0 spiro atoms. The maximum atomic E-state index is 13.3. The average molecular weight is 370 g/mol. The molecule has 0 radical (unpaired) electrons. The van der Waals surface area contributed by atoms with E-state index in [9.17, 15) is 9.90 Å². The van der Waals surface area contributed by atoms with E-state index in [0.29, 0.717) is 19.1 Å². The lowest BCUT2D eigenvalue weighted by Crippen LogP contribution is -2.57. The van der Waals surface area contributed by atoms with Crippen LogP contribution < -0.4 is 5.73 Å². The summed E-state index contributed by atoms with van der Waals surface area (Å²) in [6, 6.07) is 14.1. The minimum absolute atomic E-state index is 0.00432. The van der Waals surface area contributed by atoms with Crippen molar-refractivity contribution < 1.29 is 9.90 Å². The van der Waals surface area contributed by atoms with Gasteiger partial charge in [0.15, 0.2) is 0 Å². The normalized spacial score (nSPS) is 19.4. The zero-order chi connectivity index (χ0) is 19.2. The third kappa shape index (κ3) is 4.67. The molecule has 146 valence electrons. The molecule has 1 aliphatic rings. The van der Waals surface area contributed by atoms with Gasteiger partial charge in [0.1, 0.15) is 0 Å². The quantitative estimate of drug-likeness (QED) is 0.787. The first-order valence-electron chi connectivity index (χ1n) is 10.0. The molecule has 1 saturated heterocycles. The van der Waals surface area contributed by atoms with Crippen LogP contribution in [0.3, 0.4) is 0 Å². The number of rotatable bonds is 7. The number of amides is 1. The Labute approximate surface area is 161 Å². The van der Waals surface area contributed by atoms with Gasteiger partial charge in [-0.3, -0.25) is 9.69 Å². The molecule has 2 atom stereocenters. The number of fused-ring (bicyclic) bond motifs is 1. The molecule has 0 bridgehead atoms. The summed E-state index contributed by atoms with van der Waals surface area (Å²) in [4.78, 5) is 17.6. The predicted molar refractivity (Wildman–Crippen MR) is 110 cm³/mol. The first-order valence-corrected chi connectivity index (χ1v) is 10.0. The van der Waals surface area contributed by atoms with E-state index in [-0.39, 0.29) is 18.6 Å². The molecule has 3 N–H and O–H groups in total. The second kappa shape index (κ2) is 9.31. The Hall–Kier alpha value is -1.95. The van der Waals surface area contributed by atoms with Gasteiger partial charge in [-0.15, -0.1) is 0 Å². The molecular formula is C22H31N3O2. The summed E-state index contributed by atoms with van der Waals surface area (Å²) in [6.45, 7) is 5.09. The van der Waals surface area contributed by atoms with Crippen molar-refractivity contribution in [2.75, 3.05) is 32.8 Å². The van der Waals surface area contributed by atoms with Gasteiger partial charge in [-0.25, -0.2) is 0 Å². The third-order valence-electron chi connectivity index (χ3n) is 5.51. The summed E-state index contributed by atoms with van der Waals surface area (Å²) in [5, 5.41) is 11.4. The predicted octanol–water partition coefficient (Wildman–Crippen LogP) is 2.48. The number of aliphatic hydroxyl groups is 1. The van der Waals surface area contributed by atoms with E-state index in [4.69, 9.17) is 5.73 Å². The monoisotopic (exact) mass is 369 g/mol. The van der Waals surface area contributed by atoms with E-state index in [2.05, 4.69) is 11.8 Å². The summed E-state index contributed by atoms with van der Waals surface area (Å²) >= 11 is 0. The van der Waals surface area contributed by atoms with E-state index in [0.717, 1.165) is 48.7 Å². The van der Waals surface area contributed by atoms with Crippen LogP contribution in [-0.4, -0.2) is 65.7 Å². The van der Waals surface area contributed by atoms with Gasteiger partial charge in [-0.1, -0.05) is 56.2 Å². The fraction of sp³-hybridized carbons (Fsp3) is 0.500. The van der Waals surface area contributed by atoms with Crippen molar-refractivity contribution >= 4 is 16.7 Å². The molecule has 1 aliphatic heterocycles. The number of hydrogen-bond acceptors (Lipinski definition) is 4. The number of carbonyl (C=O) groups excluding carboxylic acids is 1. The second-order valence-corrected chi connectivity index (χ2v) is 7.51. The third-order valence-corrected chi connectivity index (χ3v) is 5.51. The van der Waals surface area contributed by atoms with E-state index in [1.807, 2.05) is 47.4 Å². The summed E-state index contributed by atoms with van der Waals surface area (Å²) < 4.78 is 0. The Morgan fingerprint density at radius 2 is 2.00 bits per heavy atom. The van der Waals surface area contributed by atoms with Crippen LogP contribution in [0.2, 0.25) is 0 Å². The van der Waals surface area contributed by atoms with Gasteiger partial charge in [0, 0.05) is 43.8 Å². The number of aliphatic hydroxyl groups excluding tert-OH is 1. The molecule has 3 rings (SSSR count). The van der Waals surface area contributed by atoms with Crippen molar-refractivity contribution in [3.05, 3.63) is 48.0 Å². The topological polar surface area (TPSA) is 69.8 Å². The molecule has 1 heterocycles. The van der Waals surface area contributed by atoms with Gasteiger partial charge in [-0.05, 0) is 23.3 Å². The fourth-order valence-corrected chi connectivity index (χ4v) is 3.97. The number of unbranched alkanes of at least 4 members (excludes halogenated alkanes) is 1. The summed E-state index contributed by atoms with van der Waals surface area (Å²) in [5.74, 6) is 0.111. The first kappa shape index (κ1) is 19.8. The number of carbonyl (C=O) groups is 1. The van der Waals surface area contributed by atoms with E-state index >= 15 is 0 Å². The van der Waals surface area contributed by atoms with Crippen molar-refractivity contribution in [2.45, 2.75) is 38.3 Å². The lowest BCUT2D eigenvalue weighted by molar-refractivity contribution is 0.0421. The van der Waals surface area contributed by atoms with Crippen LogP contribution in [-0.2, 0) is 0 Å². The van der Waals surface area contributed by atoms with Gasteiger partial charge in [0.25, 0.3) is 5.91 Å². The Morgan fingerprint density at radius 1 is 1.22 bits per heavy atom. The van der Waals surface area contributed by atoms with E-state index in [1.54, 1.807) is 0 Å². The van der Waals surface area contributed by atoms with Crippen LogP contribution in [0.1, 0.15) is 36.5 Å². The van der Waals surface area contributed by atoms with Crippen LogP contribution in [0.5, 0.6) is 0 Å². The highest BCUT2D eigenvalue weighted by Crippen LogP contribution is 2.23. The zero-order valence-corrected chi connectivity index (χ0v) is 16.2. The lowest BCUT2D eigenvalue weighted by atomic mass is 10.0. The number of hydrogen-bond donors (Lipinski definition) is 2. The standard InChI is InChI=1S/C22H31N3O2/c1-2-3-9-19-15-25(13-12-24(19)14-18(23)16-26)22(27)21-11-6-8-17-7-4-5-10-20(17)21/h4-8,10-11,18-19,26H,2-3,9,12-16,23H2,1H3/t18-,19+/m1/s1. The molecular weight excluding hydrogens is 338 g/mol. The second-order valence-electron chi connectivity index (χ2n) is 7.51. The maximum absolute atomic E-state index is 13.3. The number of nitrogens with two attached hydrogens (primary N) is 1.